The van der Waals surface area contributed by atoms with Crippen LogP contribution in [-0.2, 0) is 6.54 Å². The number of nitrogens with one attached hydrogen (secondary N) is 1. The SMILES string of the molecule is Cc1ccc(NCc2cc(F)ccc2Cl)cc1C. The van der Waals surface area contributed by atoms with E-state index in [9.17, 15) is 4.39 Å². The van der Waals surface area contributed by atoms with Crippen LogP contribution in [0.15, 0.2) is 36.4 Å². The van der Waals surface area contributed by atoms with Crippen LogP contribution in [0.5, 0.6) is 0 Å². The van der Waals surface area contributed by atoms with Crippen LogP contribution >= 0.6 is 11.6 Å². The molecule has 0 aliphatic rings. The summed E-state index contributed by atoms with van der Waals surface area (Å²) in [4.78, 5) is 0. The second-order valence-electron chi connectivity index (χ2n) is 4.39. The average Bonchev–Trinajstić information content (AvgIpc) is 2.34. The van der Waals surface area contributed by atoms with Gasteiger partial charge in [0, 0.05) is 17.3 Å². The Labute approximate surface area is 112 Å². The molecule has 18 heavy (non-hydrogen) atoms. The minimum Gasteiger partial charge on any atom is -0.381 e. The molecule has 0 aliphatic carbocycles. The lowest BCUT2D eigenvalue weighted by Crippen LogP contribution is -2.01. The van der Waals surface area contributed by atoms with Gasteiger partial charge in [0.2, 0.25) is 0 Å². The van der Waals surface area contributed by atoms with Crippen molar-refractivity contribution in [2.75, 3.05) is 5.32 Å². The summed E-state index contributed by atoms with van der Waals surface area (Å²) in [7, 11) is 0. The van der Waals surface area contributed by atoms with Crippen molar-refractivity contribution in [2.24, 2.45) is 0 Å². The Balaban J connectivity index is 2.11. The van der Waals surface area contributed by atoms with Gasteiger partial charge < -0.3 is 5.32 Å². The Hall–Kier alpha value is -1.54. The zero-order chi connectivity index (χ0) is 13.1. The maximum atomic E-state index is 13.1. The highest BCUT2D eigenvalue weighted by Gasteiger charge is 2.02. The zero-order valence-electron chi connectivity index (χ0n) is 10.4. The molecule has 1 N–H and O–H groups in total. The van der Waals surface area contributed by atoms with E-state index in [-0.39, 0.29) is 5.82 Å². The van der Waals surface area contributed by atoms with E-state index in [4.69, 9.17) is 11.6 Å². The summed E-state index contributed by atoms with van der Waals surface area (Å²) < 4.78 is 13.1. The fourth-order valence-electron chi connectivity index (χ4n) is 1.73. The summed E-state index contributed by atoms with van der Waals surface area (Å²) in [6, 6.07) is 10.5. The zero-order valence-corrected chi connectivity index (χ0v) is 11.2. The fraction of sp³-hybridized carbons (Fsp3) is 0.200. The van der Waals surface area contributed by atoms with Gasteiger partial charge in [0.15, 0.2) is 0 Å². The molecule has 0 unspecified atom stereocenters. The molecule has 0 radical (unpaired) electrons. The molecule has 0 bridgehead atoms. The van der Waals surface area contributed by atoms with Crippen molar-refractivity contribution in [3.63, 3.8) is 0 Å². The highest BCUT2D eigenvalue weighted by atomic mass is 35.5. The van der Waals surface area contributed by atoms with Crippen LogP contribution in [0.4, 0.5) is 10.1 Å². The first-order chi connectivity index (χ1) is 8.56. The second-order valence-corrected chi connectivity index (χ2v) is 4.80. The summed E-state index contributed by atoms with van der Waals surface area (Å²) in [5, 5.41) is 3.82. The van der Waals surface area contributed by atoms with E-state index < -0.39 is 0 Å². The first-order valence-corrected chi connectivity index (χ1v) is 6.19. The number of rotatable bonds is 3. The minimum absolute atomic E-state index is 0.267. The maximum absolute atomic E-state index is 13.1. The summed E-state index contributed by atoms with van der Waals surface area (Å²) >= 11 is 6.01. The molecule has 0 spiro atoms. The number of hydrogen-bond donors (Lipinski definition) is 1. The molecule has 0 saturated carbocycles. The number of hydrogen-bond acceptors (Lipinski definition) is 1. The summed E-state index contributed by atoms with van der Waals surface area (Å²) in [6.45, 7) is 4.65. The van der Waals surface area contributed by atoms with Crippen molar-refractivity contribution in [1.82, 2.24) is 0 Å². The quantitative estimate of drug-likeness (QED) is 0.846. The Morgan fingerprint density at radius 2 is 1.83 bits per heavy atom. The molecule has 3 heteroatoms. The smallest absolute Gasteiger partial charge is 0.123 e. The standard InChI is InChI=1S/C15H15ClFN/c1-10-3-5-14(7-11(10)2)18-9-12-8-13(17)4-6-15(12)16/h3-8,18H,9H2,1-2H3. The van der Waals surface area contributed by atoms with Crippen LogP contribution in [0.25, 0.3) is 0 Å². The van der Waals surface area contributed by atoms with Crippen molar-refractivity contribution in [3.8, 4) is 0 Å². The Kier molecular flexibility index (Phi) is 3.87. The van der Waals surface area contributed by atoms with Gasteiger partial charge in [-0.3, -0.25) is 0 Å². The normalized spacial score (nSPS) is 10.4. The highest BCUT2D eigenvalue weighted by Crippen LogP contribution is 2.20. The molecule has 2 aromatic carbocycles. The molecular formula is C15H15ClFN. The third-order valence-corrected chi connectivity index (χ3v) is 3.37. The van der Waals surface area contributed by atoms with Crippen LogP contribution in [0, 0.1) is 19.7 Å². The Morgan fingerprint density at radius 1 is 1.06 bits per heavy atom. The van der Waals surface area contributed by atoms with Crippen molar-refractivity contribution in [3.05, 3.63) is 63.9 Å². The van der Waals surface area contributed by atoms with E-state index in [1.165, 1.54) is 23.3 Å². The van der Waals surface area contributed by atoms with Gasteiger partial charge >= 0.3 is 0 Å². The molecule has 0 atom stereocenters. The number of anilines is 1. The molecule has 94 valence electrons. The van der Waals surface area contributed by atoms with Crippen molar-refractivity contribution in [2.45, 2.75) is 20.4 Å². The van der Waals surface area contributed by atoms with Crippen LogP contribution in [-0.4, -0.2) is 0 Å². The van der Waals surface area contributed by atoms with Gasteiger partial charge in [-0.2, -0.15) is 0 Å². The summed E-state index contributed by atoms with van der Waals surface area (Å²) in [5.74, 6) is -0.267. The number of aryl methyl sites for hydroxylation is 2. The summed E-state index contributed by atoms with van der Waals surface area (Å²) in [6.07, 6.45) is 0. The van der Waals surface area contributed by atoms with Crippen LogP contribution in [0.3, 0.4) is 0 Å². The van der Waals surface area contributed by atoms with Crippen LogP contribution in [0.1, 0.15) is 16.7 Å². The molecule has 0 heterocycles. The largest absolute Gasteiger partial charge is 0.381 e. The van der Waals surface area contributed by atoms with E-state index in [0.717, 1.165) is 11.3 Å². The molecule has 0 saturated heterocycles. The van der Waals surface area contributed by atoms with Gasteiger partial charge in [0.25, 0.3) is 0 Å². The molecule has 2 aromatic rings. The maximum Gasteiger partial charge on any atom is 0.123 e. The van der Waals surface area contributed by atoms with E-state index >= 15 is 0 Å². The predicted molar refractivity (Wildman–Crippen MR) is 74.7 cm³/mol. The lowest BCUT2D eigenvalue weighted by atomic mass is 10.1. The van der Waals surface area contributed by atoms with Gasteiger partial charge in [-0.05, 0) is 60.9 Å². The first-order valence-electron chi connectivity index (χ1n) is 5.81. The topological polar surface area (TPSA) is 12.0 Å². The molecule has 0 fully saturated rings. The number of halogens is 2. The highest BCUT2D eigenvalue weighted by molar-refractivity contribution is 6.31. The molecule has 0 amide bonds. The van der Waals surface area contributed by atoms with E-state index in [2.05, 4.69) is 31.3 Å². The van der Waals surface area contributed by atoms with Gasteiger partial charge in [0.05, 0.1) is 0 Å². The minimum atomic E-state index is -0.267. The molecule has 2 rings (SSSR count). The predicted octanol–water partition coefficient (Wildman–Crippen LogP) is 4.71. The van der Waals surface area contributed by atoms with Gasteiger partial charge in [-0.15, -0.1) is 0 Å². The summed E-state index contributed by atoms with van der Waals surface area (Å²) in [5.41, 5.74) is 4.25. The molecule has 0 aromatic heterocycles. The fourth-order valence-corrected chi connectivity index (χ4v) is 1.91. The third kappa shape index (κ3) is 3.02. The Bertz CT molecular complexity index is 566. The van der Waals surface area contributed by atoms with E-state index in [1.807, 2.05) is 6.07 Å². The van der Waals surface area contributed by atoms with Gasteiger partial charge in [-0.25, -0.2) is 4.39 Å². The van der Waals surface area contributed by atoms with Crippen LogP contribution in [0.2, 0.25) is 5.02 Å². The van der Waals surface area contributed by atoms with Crippen molar-refractivity contribution >= 4 is 17.3 Å². The van der Waals surface area contributed by atoms with Gasteiger partial charge in [0.1, 0.15) is 5.82 Å². The van der Waals surface area contributed by atoms with E-state index in [0.29, 0.717) is 11.6 Å². The lowest BCUT2D eigenvalue weighted by Gasteiger charge is -2.10. The van der Waals surface area contributed by atoms with Crippen molar-refractivity contribution in [1.29, 1.82) is 0 Å². The lowest BCUT2D eigenvalue weighted by molar-refractivity contribution is 0.626. The van der Waals surface area contributed by atoms with Crippen LogP contribution < -0.4 is 5.32 Å². The van der Waals surface area contributed by atoms with E-state index in [1.54, 1.807) is 6.07 Å². The monoisotopic (exact) mass is 263 g/mol. The molecule has 1 nitrogen and oxygen atoms in total. The second kappa shape index (κ2) is 5.40. The average molecular weight is 264 g/mol. The molecular weight excluding hydrogens is 249 g/mol. The first kappa shape index (κ1) is 12.9. The molecule has 0 aliphatic heterocycles. The third-order valence-electron chi connectivity index (χ3n) is 3.00. The van der Waals surface area contributed by atoms with Crippen molar-refractivity contribution < 1.29 is 4.39 Å². The van der Waals surface area contributed by atoms with Gasteiger partial charge in [-0.1, -0.05) is 17.7 Å². The Morgan fingerprint density at radius 3 is 2.56 bits per heavy atom. The number of benzene rings is 2.